The summed E-state index contributed by atoms with van der Waals surface area (Å²) in [4.78, 5) is 12.4. The Balaban J connectivity index is 2.96. The summed E-state index contributed by atoms with van der Waals surface area (Å²) in [7, 11) is 1.65. The van der Waals surface area contributed by atoms with Crippen LogP contribution in [0.4, 0.5) is 0 Å². The van der Waals surface area contributed by atoms with Gasteiger partial charge in [0, 0.05) is 13.0 Å². The van der Waals surface area contributed by atoms with Gasteiger partial charge in [0.15, 0.2) is 0 Å². The molecular weight excluding hydrogens is 262 g/mol. The third-order valence-electron chi connectivity index (χ3n) is 4.47. The topological polar surface area (TPSA) is 49.3 Å². The maximum atomic E-state index is 12.4. The summed E-state index contributed by atoms with van der Waals surface area (Å²) in [5.74, 6) is -0.196. The van der Waals surface area contributed by atoms with Gasteiger partial charge in [0.05, 0.1) is 11.5 Å². The molecule has 0 aliphatic rings. The lowest BCUT2D eigenvalue weighted by Crippen LogP contribution is -2.43. The molecule has 0 aliphatic heterocycles. The molecule has 0 saturated heterocycles. The van der Waals surface area contributed by atoms with Gasteiger partial charge in [-0.15, -0.1) is 6.58 Å². The molecule has 0 heterocycles. The number of rotatable bonds is 8. The molecule has 1 amide bonds. The number of benzene rings is 1. The van der Waals surface area contributed by atoms with Crippen LogP contribution >= 0.6 is 0 Å². The first kappa shape index (κ1) is 17.4. The molecule has 1 rings (SSSR count). The van der Waals surface area contributed by atoms with Crippen LogP contribution in [-0.4, -0.2) is 18.1 Å². The fourth-order valence-corrected chi connectivity index (χ4v) is 2.73. The Bertz CT molecular complexity index is 458. The van der Waals surface area contributed by atoms with Crippen LogP contribution in [0.15, 0.2) is 43.0 Å². The molecule has 3 nitrogen and oxygen atoms in total. The minimum absolute atomic E-state index is 0.0194. The lowest BCUT2D eigenvalue weighted by Gasteiger charge is -2.37. The normalized spacial score (nSPS) is 16.6. The minimum Gasteiger partial charge on any atom is -0.388 e. The van der Waals surface area contributed by atoms with E-state index in [9.17, 15) is 9.90 Å². The monoisotopic (exact) mass is 289 g/mol. The van der Waals surface area contributed by atoms with E-state index < -0.39 is 11.5 Å². The van der Waals surface area contributed by atoms with E-state index in [-0.39, 0.29) is 11.8 Å². The second kappa shape index (κ2) is 7.99. The zero-order valence-corrected chi connectivity index (χ0v) is 13.3. The van der Waals surface area contributed by atoms with Gasteiger partial charge in [-0.05, 0) is 24.8 Å². The summed E-state index contributed by atoms with van der Waals surface area (Å²) >= 11 is 0. The first-order valence-corrected chi connectivity index (χ1v) is 7.53. The van der Waals surface area contributed by atoms with Crippen LogP contribution in [0, 0.1) is 11.3 Å². The number of carbonyl (C=O) groups is 1. The predicted octanol–water partition coefficient (Wildman–Crippen LogP) is 3.46. The summed E-state index contributed by atoms with van der Waals surface area (Å²) < 4.78 is 0. The number of allylic oxidation sites excluding steroid dienone is 1. The molecule has 0 bridgehead atoms. The lowest BCUT2D eigenvalue weighted by molar-refractivity contribution is -0.136. The highest BCUT2D eigenvalue weighted by molar-refractivity contribution is 5.82. The molecule has 0 radical (unpaired) electrons. The van der Waals surface area contributed by atoms with Crippen molar-refractivity contribution in [2.45, 2.75) is 39.2 Å². The number of carbonyl (C=O) groups excluding carboxylic acids is 1. The number of aliphatic hydroxyl groups excluding tert-OH is 1. The van der Waals surface area contributed by atoms with Crippen molar-refractivity contribution >= 4 is 5.91 Å². The molecule has 3 atom stereocenters. The van der Waals surface area contributed by atoms with Gasteiger partial charge in [-0.1, -0.05) is 50.3 Å². The average molecular weight is 289 g/mol. The molecule has 0 aromatic heterocycles. The molecule has 21 heavy (non-hydrogen) atoms. The molecule has 0 spiro atoms. The van der Waals surface area contributed by atoms with Crippen molar-refractivity contribution in [3.63, 3.8) is 0 Å². The quantitative estimate of drug-likeness (QED) is 0.569. The number of unbranched alkanes of at least 4 members (excludes halogenated alkanes) is 1. The van der Waals surface area contributed by atoms with Crippen LogP contribution in [0.2, 0.25) is 0 Å². The van der Waals surface area contributed by atoms with E-state index in [0.717, 1.165) is 24.8 Å². The summed E-state index contributed by atoms with van der Waals surface area (Å²) in [6, 6.07) is 9.52. The smallest absolute Gasteiger partial charge is 0.226 e. The van der Waals surface area contributed by atoms with Gasteiger partial charge < -0.3 is 10.4 Å². The third-order valence-corrected chi connectivity index (χ3v) is 4.47. The van der Waals surface area contributed by atoms with E-state index in [1.807, 2.05) is 50.3 Å². The Labute approximate surface area is 128 Å². The number of hydrogen-bond donors (Lipinski definition) is 2. The van der Waals surface area contributed by atoms with E-state index >= 15 is 0 Å². The van der Waals surface area contributed by atoms with Crippen LogP contribution in [0.1, 0.15) is 44.8 Å². The number of hydrogen-bond acceptors (Lipinski definition) is 2. The SMILES string of the molecule is C=CCCC[C@](C)(C(=O)NC)C(C)C(O)c1ccccc1. The Morgan fingerprint density at radius 1 is 1.43 bits per heavy atom. The van der Waals surface area contributed by atoms with Crippen LogP contribution in [-0.2, 0) is 4.79 Å². The van der Waals surface area contributed by atoms with Crippen LogP contribution in [0.25, 0.3) is 0 Å². The van der Waals surface area contributed by atoms with E-state index in [1.54, 1.807) is 7.05 Å². The van der Waals surface area contributed by atoms with E-state index in [0.29, 0.717) is 0 Å². The maximum Gasteiger partial charge on any atom is 0.226 e. The van der Waals surface area contributed by atoms with Crippen molar-refractivity contribution in [2.75, 3.05) is 7.05 Å². The molecule has 2 unspecified atom stereocenters. The molecule has 116 valence electrons. The number of nitrogens with one attached hydrogen (secondary N) is 1. The first-order valence-electron chi connectivity index (χ1n) is 7.53. The molecule has 1 aromatic rings. The highest BCUT2D eigenvalue weighted by Crippen LogP contribution is 2.40. The molecule has 1 aromatic carbocycles. The third kappa shape index (κ3) is 4.18. The van der Waals surface area contributed by atoms with Gasteiger partial charge in [0.2, 0.25) is 5.91 Å². The second-order valence-electron chi connectivity index (χ2n) is 5.82. The van der Waals surface area contributed by atoms with Crippen molar-refractivity contribution in [3.05, 3.63) is 48.6 Å². The molecule has 2 N–H and O–H groups in total. The molecule has 3 heteroatoms. The average Bonchev–Trinajstić information content (AvgIpc) is 2.53. The van der Waals surface area contributed by atoms with Crippen molar-refractivity contribution in [1.29, 1.82) is 0 Å². The summed E-state index contributed by atoms with van der Waals surface area (Å²) in [5, 5.41) is 13.4. The van der Waals surface area contributed by atoms with Crippen molar-refractivity contribution in [2.24, 2.45) is 11.3 Å². The lowest BCUT2D eigenvalue weighted by atomic mass is 9.70. The molecule has 0 fully saturated rings. The van der Waals surface area contributed by atoms with Gasteiger partial charge in [-0.2, -0.15) is 0 Å². The van der Waals surface area contributed by atoms with Gasteiger partial charge in [-0.3, -0.25) is 4.79 Å². The van der Waals surface area contributed by atoms with Crippen molar-refractivity contribution in [3.8, 4) is 0 Å². The predicted molar refractivity (Wildman–Crippen MR) is 86.8 cm³/mol. The number of aliphatic hydroxyl groups is 1. The first-order chi connectivity index (χ1) is 9.97. The van der Waals surface area contributed by atoms with Crippen LogP contribution < -0.4 is 5.32 Å². The minimum atomic E-state index is -0.655. The Hall–Kier alpha value is -1.61. The van der Waals surface area contributed by atoms with Gasteiger partial charge >= 0.3 is 0 Å². The van der Waals surface area contributed by atoms with E-state index in [2.05, 4.69) is 11.9 Å². The van der Waals surface area contributed by atoms with E-state index in [1.165, 1.54) is 0 Å². The summed E-state index contributed by atoms with van der Waals surface area (Å²) in [5.41, 5.74) is 0.247. The fourth-order valence-electron chi connectivity index (χ4n) is 2.73. The standard InChI is InChI=1S/C18H27NO2/c1-5-6-10-13-18(3,17(21)19-4)14(2)16(20)15-11-8-7-9-12-15/h5,7-9,11-12,14,16,20H,1,6,10,13H2,2-4H3,(H,19,21)/t14?,16?,18-/m0/s1. The maximum absolute atomic E-state index is 12.4. The van der Waals surface area contributed by atoms with Crippen LogP contribution in [0.5, 0.6) is 0 Å². The number of amides is 1. The van der Waals surface area contributed by atoms with Crippen molar-refractivity contribution < 1.29 is 9.90 Å². The largest absolute Gasteiger partial charge is 0.388 e. The Morgan fingerprint density at radius 2 is 2.05 bits per heavy atom. The molecular formula is C18H27NO2. The summed E-state index contributed by atoms with van der Waals surface area (Å²) in [6.45, 7) is 7.60. The molecule has 0 aliphatic carbocycles. The second-order valence-corrected chi connectivity index (χ2v) is 5.82. The van der Waals surface area contributed by atoms with Gasteiger partial charge in [0.25, 0.3) is 0 Å². The zero-order chi connectivity index (χ0) is 15.9. The van der Waals surface area contributed by atoms with Crippen molar-refractivity contribution in [1.82, 2.24) is 5.32 Å². The highest BCUT2D eigenvalue weighted by Gasteiger charge is 2.41. The van der Waals surface area contributed by atoms with E-state index in [4.69, 9.17) is 0 Å². The van der Waals surface area contributed by atoms with Gasteiger partial charge in [0.1, 0.15) is 0 Å². The Morgan fingerprint density at radius 3 is 2.57 bits per heavy atom. The van der Waals surface area contributed by atoms with Gasteiger partial charge in [-0.25, -0.2) is 0 Å². The molecule has 0 saturated carbocycles. The fraction of sp³-hybridized carbons (Fsp3) is 0.500. The highest BCUT2D eigenvalue weighted by atomic mass is 16.3. The Kier molecular flexibility index (Phi) is 6.63. The zero-order valence-electron chi connectivity index (χ0n) is 13.3. The summed E-state index contributed by atoms with van der Waals surface area (Å²) in [6.07, 6.45) is 3.70. The van der Waals surface area contributed by atoms with Crippen LogP contribution in [0.3, 0.4) is 0 Å².